The third-order valence-corrected chi connectivity index (χ3v) is 2.56. The number of hydrogen-bond donors (Lipinski definition) is 1. The number of halogens is 1. The molecule has 2 aromatic rings. The lowest BCUT2D eigenvalue weighted by Gasteiger charge is -2.07. The van der Waals surface area contributed by atoms with Gasteiger partial charge in [0.1, 0.15) is 5.75 Å². The molecule has 16 heavy (non-hydrogen) atoms. The number of aliphatic imine (C=N–C) groups is 1. The minimum Gasteiger partial charge on any atom is -0.507 e. The standard InChI is InChI=1S/C13H10ClNO/c1-15-12-5-3-2-4-10(12)11-8-9(14)6-7-13(11)16/h2-8,16H,1H2. The van der Waals surface area contributed by atoms with Crippen molar-refractivity contribution >= 4 is 24.0 Å². The second-order valence-corrected chi connectivity index (χ2v) is 3.77. The number of benzene rings is 2. The van der Waals surface area contributed by atoms with E-state index in [-0.39, 0.29) is 5.75 Å². The maximum Gasteiger partial charge on any atom is 0.123 e. The Kier molecular flexibility index (Phi) is 2.93. The van der Waals surface area contributed by atoms with E-state index in [1.165, 1.54) is 0 Å². The van der Waals surface area contributed by atoms with E-state index >= 15 is 0 Å². The topological polar surface area (TPSA) is 32.6 Å². The van der Waals surface area contributed by atoms with Gasteiger partial charge < -0.3 is 5.11 Å². The Morgan fingerprint density at radius 2 is 1.81 bits per heavy atom. The van der Waals surface area contributed by atoms with E-state index < -0.39 is 0 Å². The SMILES string of the molecule is C=Nc1ccccc1-c1cc(Cl)ccc1O. The monoisotopic (exact) mass is 231 g/mol. The first-order valence-electron chi connectivity index (χ1n) is 4.77. The molecule has 0 heterocycles. The lowest BCUT2D eigenvalue weighted by Crippen LogP contribution is -1.80. The smallest absolute Gasteiger partial charge is 0.123 e. The van der Waals surface area contributed by atoms with E-state index in [0.717, 1.165) is 11.3 Å². The molecule has 0 atom stereocenters. The average Bonchev–Trinajstić information content (AvgIpc) is 2.32. The summed E-state index contributed by atoms with van der Waals surface area (Å²) in [6.45, 7) is 3.50. The van der Waals surface area contributed by atoms with Gasteiger partial charge in [-0.25, -0.2) is 0 Å². The van der Waals surface area contributed by atoms with E-state index in [1.54, 1.807) is 18.2 Å². The molecule has 2 rings (SSSR count). The second-order valence-electron chi connectivity index (χ2n) is 3.34. The highest BCUT2D eigenvalue weighted by Gasteiger charge is 2.08. The summed E-state index contributed by atoms with van der Waals surface area (Å²) in [6, 6.07) is 12.4. The van der Waals surface area contributed by atoms with Gasteiger partial charge in [-0.2, -0.15) is 0 Å². The van der Waals surface area contributed by atoms with Crippen molar-refractivity contribution in [3.63, 3.8) is 0 Å². The maximum absolute atomic E-state index is 9.79. The van der Waals surface area contributed by atoms with E-state index in [4.69, 9.17) is 11.6 Å². The number of hydrogen-bond acceptors (Lipinski definition) is 2. The van der Waals surface area contributed by atoms with Crippen molar-refractivity contribution in [3.8, 4) is 16.9 Å². The second kappa shape index (κ2) is 4.37. The molecule has 80 valence electrons. The highest BCUT2D eigenvalue weighted by atomic mass is 35.5. The average molecular weight is 232 g/mol. The summed E-state index contributed by atoms with van der Waals surface area (Å²) >= 11 is 5.90. The first kappa shape index (κ1) is 10.7. The molecule has 0 aromatic heterocycles. The molecule has 0 fully saturated rings. The molecule has 0 aliphatic carbocycles. The fourth-order valence-corrected chi connectivity index (χ4v) is 1.74. The highest BCUT2D eigenvalue weighted by molar-refractivity contribution is 6.31. The van der Waals surface area contributed by atoms with E-state index in [2.05, 4.69) is 11.7 Å². The van der Waals surface area contributed by atoms with Gasteiger partial charge in [0.15, 0.2) is 0 Å². The van der Waals surface area contributed by atoms with Crippen LogP contribution in [0, 0.1) is 0 Å². The summed E-state index contributed by atoms with van der Waals surface area (Å²) in [5, 5.41) is 10.4. The molecule has 0 saturated carbocycles. The largest absolute Gasteiger partial charge is 0.507 e. The van der Waals surface area contributed by atoms with Crippen LogP contribution in [0.3, 0.4) is 0 Å². The molecule has 0 aliphatic rings. The molecule has 0 aliphatic heterocycles. The molecule has 0 amide bonds. The van der Waals surface area contributed by atoms with Gasteiger partial charge in [0.25, 0.3) is 0 Å². The van der Waals surface area contributed by atoms with Crippen molar-refractivity contribution in [1.29, 1.82) is 0 Å². The Bertz CT molecular complexity index is 537. The zero-order chi connectivity index (χ0) is 11.5. The van der Waals surface area contributed by atoms with Gasteiger partial charge in [-0.3, -0.25) is 4.99 Å². The van der Waals surface area contributed by atoms with Gasteiger partial charge in [0.2, 0.25) is 0 Å². The van der Waals surface area contributed by atoms with Crippen molar-refractivity contribution in [2.75, 3.05) is 0 Å². The van der Waals surface area contributed by atoms with Crippen molar-refractivity contribution in [3.05, 3.63) is 47.5 Å². The zero-order valence-electron chi connectivity index (χ0n) is 8.52. The van der Waals surface area contributed by atoms with Gasteiger partial charge in [0.05, 0.1) is 5.69 Å². The summed E-state index contributed by atoms with van der Waals surface area (Å²) < 4.78 is 0. The Hall–Kier alpha value is -1.80. The first-order chi connectivity index (χ1) is 7.72. The molecule has 0 unspecified atom stereocenters. The third kappa shape index (κ3) is 1.92. The number of nitrogens with zero attached hydrogens (tertiary/aromatic N) is 1. The normalized spacial score (nSPS) is 10.1. The Balaban J connectivity index is 2.66. The van der Waals surface area contributed by atoms with E-state index in [9.17, 15) is 5.11 Å². The molecular formula is C13H10ClNO. The minimum atomic E-state index is 0.181. The lowest BCUT2D eigenvalue weighted by atomic mass is 10.0. The zero-order valence-corrected chi connectivity index (χ0v) is 9.28. The van der Waals surface area contributed by atoms with Crippen molar-refractivity contribution in [2.24, 2.45) is 4.99 Å². The van der Waals surface area contributed by atoms with Gasteiger partial charge in [-0.15, -0.1) is 0 Å². The van der Waals surface area contributed by atoms with Crippen molar-refractivity contribution < 1.29 is 5.11 Å². The molecule has 1 N–H and O–H groups in total. The Morgan fingerprint density at radius 3 is 2.56 bits per heavy atom. The van der Waals surface area contributed by atoms with E-state index in [0.29, 0.717) is 10.6 Å². The Labute approximate surface area is 98.8 Å². The van der Waals surface area contributed by atoms with Crippen LogP contribution in [-0.2, 0) is 0 Å². The number of phenols is 1. The van der Waals surface area contributed by atoms with Crippen LogP contribution >= 0.6 is 11.6 Å². The van der Waals surface area contributed by atoms with Crippen molar-refractivity contribution in [2.45, 2.75) is 0 Å². The fraction of sp³-hybridized carbons (Fsp3) is 0. The molecular weight excluding hydrogens is 222 g/mol. The van der Waals surface area contributed by atoms with Gasteiger partial charge in [-0.05, 0) is 31.0 Å². The molecule has 0 radical (unpaired) electrons. The maximum atomic E-state index is 9.79. The molecule has 2 aromatic carbocycles. The third-order valence-electron chi connectivity index (χ3n) is 2.32. The number of phenolic OH excluding ortho intramolecular Hbond substituents is 1. The van der Waals surface area contributed by atoms with Crippen LogP contribution in [0.25, 0.3) is 11.1 Å². The van der Waals surface area contributed by atoms with Crippen LogP contribution in [0.5, 0.6) is 5.75 Å². The van der Waals surface area contributed by atoms with Crippen LogP contribution in [0.1, 0.15) is 0 Å². The molecule has 0 spiro atoms. The van der Waals surface area contributed by atoms with Crippen LogP contribution in [0.2, 0.25) is 5.02 Å². The lowest BCUT2D eigenvalue weighted by molar-refractivity contribution is 0.477. The number of para-hydroxylation sites is 1. The first-order valence-corrected chi connectivity index (χ1v) is 5.15. The predicted octanol–water partition coefficient (Wildman–Crippen LogP) is 4.04. The molecule has 3 heteroatoms. The minimum absolute atomic E-state index is 0.181. The van der Waals surface area contributed by atoms with Crippen LogP contribution in [0.15, 0.2) is 47.5 Å². The molecule has 0 saturated heterocycles. The summed E-state index contributed by atoms with van der Waals surface area (Å²) in [5.41, 5.74) is 2.20. The number of rotatable bonds is 2. The van der Waals surface area contributed by atoms with Crippen LogP contribution < -0.4 is 0 Å². The van der Waals surface area contributed by atoms with Crippen LogP contribution in [0.4, 0.5) is 5.69 Å². The van der Waals surface area contributed by atoms with Gasteiger partial charge in [0, 0.05) is 16.1 Å². The molecule has 0 bridgehead atoms. The Morgan fingerprint density at radius 1 is 1.06 bits per heavy atom. The highest BCUT2D eigenvalue weighted by Crippen LogP contribution is 2.36. The van der Waals surface area contributed by atoms with Crippen molar-refractivity contribution in [1.82, 2.24) is 0 Å². The van der Waals surface area contributed by atoms with Gasteiger partial charge in [-0.1, -0.05) is 29.8 Å². The summed E-state index contributed by atoms with van der Waals surface area (Å²) in [4.78, 5) is 3.91. The predicted molar refractivity (Wildman–Crippen MR) is 67.8 cm³/mol. The summed E-state index contributed by atoms with van der Waals surface area (Å²) in [5.74, 6) is 0.181. The van der Waals surface area contributed by atoms with E-state index in [1.807, 2.05) is 24.3 Å². The summed E-state index contributed by atoms with van der Waals surface area (Å²) in [6.07, 6.45) is 0. The number of aromatic hydroxyl groups is 1. The quantitative estimate of drug-likeness (QED) is 0.778. The van der Waals surface area contributed by atoms with Gasteiger partial charge >= 0.3 is 0 Å². The molecule has 2 nitrogen and oxygen atoms in total. The summed E-state index contributed by atoms with van der Waals surface area (Å²) in [7, 11) is 0. The fourth-order valence-electron chi connectivity index (χ4n) is 1.56. The van der Waals surface area contributed by atoms with Crippen LogP contribution in [-0.4, -0.2) is 11.8 Å².